The van der Waals surface area contributed by atoms with Crippen molar-refractivity contribution in [1.29, 1.82) is 0 Å². The molecular formula is C44H80NO8P. The van der Waals surface area contributed by atoms with Crippen LogP contribution in [-0.2, 0) is 27.9 Å². The lowest BCUT2D eigenvalue weighted by Gasteiger charge is -2.28. The summed E-state index contributed by atoms with van der Waals surface area (Å²) < 4.78 is 34.1. The fourth-order valence-electron chi connectivity index (χ4n) is 5.35. The Morgan fingerprint density at radius 2 is 1.28 bits per heavy atom. The van der Waals surface area contributed by atoms with Gasteiger partial charge in [0.1, 0.15) is 19.8 Å². The number of hydrogen-bond donors (Lipinski definition) is 1. The molecule has 0 heterocycles. The number of aliphatic hydroxyl groups excluding tert-OH is 1. The van der Waals surface area contributed by atoms with Crippen molar-refractivity contribution in [2.24, 2.45) is 0 Å². The first-order chi connectivity index (χ1) is 26.0. The highest BCUT2D eigenvalue weighted by molar-refractivity contribution is 7.45. The first kappa shape index (κ1) is 52.0. The molecule has 314 valence electrons. The molecular weight excluding hydrogens is 701 g/mol. The summed E-state index contributed by atoms with van der Waals surface area (Å²) in [4.78, 5) is 25.0. The van der Waals surface area contributed by atoms with Crippen molar-refractivity contribution >= 4 is 13.8 Å². The number of likely N-dealkylation sites (N-methyl/N-ethyl adjacent to an activating group) is 1. The minimum Gasteiger partial charge on any atom is -0.756 e. The number of allylic oxidation sites excluding steroid dienone is 7. The maximum Gasteiger partial charge on any atom is 0.306 e. The Kier molecular flexibility index (Phi) is 35.3. The van der Waals surface area contributed by atoms with Crippen molar-refractivity contribution in [2.45, 2.75) is 167 Å². The van der Waals surface area contributed by atoms with E-state index in [0.29, 0.717) is 30.3 Å². The molecule has 0 bridgehead atoms. The lowest BCUT2D eigenvalue weighted by Crippen LogP contribution is -2.37. The molecule has 54 heavy (non-hydrogen) atoms. The van der Waals surface area contributed by atoms with Crippen LogP contribution in [-0.4, -0.2) is 75.3 Å². The molecule has 9 nitrogen and oxygen atoms in total. The third-order valence-electron chi connectivity index (χ3n) is 8.72. The number of nitrogens with zero attached hydrogens (tertiary/aromatic N) is 1. The van der Waals surface area contributed by atoms with E-state index in [0.717, 1.165) is 25.7 Å². The SMILES string of the molecule is CCCCC/C=C\C/C=C\CC(O)/C=C\C=C\CCCC(=O)O[C@H](CO/C=C/CCCCCCCCCCCCCC)COP(=O)([O-])OCC[N+](C)(C)C. The smallest absolute Gasteiger partial charge is 0.306 e. The number of hydrogen-bond acceptors (Lipinski definition) is 8. The molecule has 0 saturated carbocycles. The molecule has 0 aromatic rings. The molecule has 0 amide bonds. The number of esters is 1. The van der Waals surface area contributed by atoms with Gasteiger partial charge in [0.2, 0.25) is 0 Å². The largest absolute Gasteiger partial charge is 0.756 e. The fraction of sp³-hybridized carbons (Fsp3) is 0.750. The molecule has 0 fully saturated rings. The van der Waals surface area contributed by atoms with Gasteiger partial charge in [0.25, 0.3) is 7.82 Å². The van der Waals surface area contributed by atoms with Crippen LogP contribution in [0, 0.1) is 0 Å². The van der Waals surface area contributed by atoms with E-state index in [1.807, 2.05) is 51.5 Å². The van der Waals surface area contributed by atoms with Gasteiger partial charge >= 0.3 is 5.97 Å². The molecule has 0 aromatic heterocycles. The summed E-state index contributed by atoms with van der Waals surface area (Å²) in [5.74, 6) is -0.457. The highest BCUT2D eigenvalue weighted by Crippen LogP contribution is 2.38. The molecule has 0 aromatic carbocycles. The molecule has 0 saturated heterocycles. The van der Waals surface area contributed by atoms with Gasteiger partial charge in [-0.15, -0.1) is 0 Å². The Labute approximate surface area is 331 Å². The molecule has 0 aliphatic heterocycles. The Hall–Kier alpha value is -2.00. The molecule has 1 N–H and O–H groups in total. The number of rotatable bonds is 38. The predicted octanol–water partition coefficient (Wildman–Crippen LogP) is 10.8. The highest BCUT2D eigenvalue weighted by Gasteiger charge is 2.20. The normalized spacial score (nSPS) is 14.9. The monoisotopic (exact) mass is 782 g/mol. The number of quaternary nitrogens is 1. The molecule has 0 spiro atoms. The summed E-state index contributed by atoms with van der Waals surface area (Å²) in [5, 5.41) is 10.1. The van der Waals surface area contributed by atoms with Gasteiger partial charge in [0, 0.05) is 6.42 Å². The second kappa shape index (κ2) is 36.6. The van der Waals surface area contributed by atoms with Gasteiger partial charge in [-0.3, -0.25) is 9.36 Å². The topological polar surface area (TPSA) is 114 Å². The van der Waals surface area contributed by atoms with E-state index in [4.69, 9.17) is 18.5 Å². The zero-order valence-corrected chi connectivity index (χ0v) is 35.9. The van der Waals surface area contributed by atoms with E-state index in [2.05, 4.69) is 32.1 Å². The number of unbranched alkanes of at least 4 members (excludes halogenated alkanes) is 16. The second-order valence-electron chi connectivity index (χ2n) is 15.3. The Morgan fingerprint density at radius 3 is 1.94 bits per heavy atom. The van der Waals surface area contributed by atoms with E-state index >= 15 is 0 Å². The summed E-state index contributed by atoms with van der Waals surface area (Å²) in [7, 11) is 1.23. The van der Waals surface area contributed by atoms with Crippen LogP contribution >= 0.6 is 7.82 Å². The lowest BCUT2D eigenvalue weighted by atomic mass is 10.0. The summed E-state index contributed by atoms with van der Waals surface area (Å²) in [6.45, 7) is 4.52. The molecule has 2 unspecified atom stereocenters. The Balaban J connectivity index is 4.52. The van der Waals surface area contributed by atoms with Crippen molar-refractivity contribution in [1.82, 2.24) is 0 Å². The zero-order chi connectivity index (χ0) is 40.0. The van der Waals surface area contributed by atoms with Crippen LogP contribution < -0.4 is 4.89 Å². The van der Waals surface area contributed by atoms with E-state index in [1.165, 1.54) is 89.9 Å². The van der Waals surface area contributed by atoms with E-state index in [-0.39, 0.29) is 26.2 Å². The van der Waals surface area contributed by atoms with E-state index < -0.39 is 26.0 Å². The van der Waals surface area contributed by atoms with Crippen molar-refractivity contribution in [3.8, 4) is 0 Å². The third kappa shape index (κ3) is 39.7. The second-order valence-corrected chi connectivity index (χ2v) is 16.7. The van der Waals surface area contributed by atoms with Crippen molar-refractivity contribution in [3.05, 3.63) is 60.9 Å². The van der Waals surface area contributed by atoms with Crippen LogP contribution in [0.25, 0.3) is 0 Å². The van der Waals surface area contributed by atoms with Gasteiger partial charge < -0.3 is 33.0 Å². The number of phosphoric acid groups is 1. The van der Waals surface area contributed by atoms with Crippen molar-refractivity contribution in [2.75, 3.05) is 47.5 Å². The first-order valence-corrected chi connectivity index (χ1v) is 22.6. The fourth-order valence-corrected chi connectivity index (χ4v) is 6.08. The number of phosphoric ester groups is 1. The first-order valence-electron chi connectivity index (χ1n) is 21.2. The van der Waals surface area contributed by atoms with Crippen LogP contribution in [0.3, 0.4) is 0 Å². The molecule has 0 rings (SSSR count). The highest BCUT2D eigenvalue weighted by atomic mass is 31.2. The van der Waals surface area contributed by atoms with Crippen LogP contribution in [0.1, 0.15) is 155 Å². The average molecular weight is 782 g/mol. The van der Waals surface area contributed by atoms with Crippen LogP contribution in [0.4, 0.5) is 0 Å². The molecule has 10 heteroatoms. The lowest BCUT2D eigenvalue weighted by molar-refractivity contribution is -0.870. The number of carbonyl (C=O) groups is 1. The average Bonchev–Trinajstić information content (AvgIpc) is 3.11. The molecule has 0 radical (unpaired) electrons. The van der Waals surface area contributed by atoms with Crippen LogP contribution in [0.2, 0.25) is 0 Å². The molecule has 0 aliphatic carbocycles. The summed E-state index contributed by atoms with van der Waals surface area (Å²) in [6, 6.07) is 0. The Morgan fingerprint density at radius 1 is 0.704 bits per heavy atom. The van der Waals surface area contributed by atoms with Gasteiger partial charge in [-0.25, -0.2) is 0 Å². The van der Waals surface area contributed by atoms with Gasteiger partial charge in [0.05, 0.1) is 40.1 Å². The Bertz CT molecular complexity index is 1070. The zero-order valence-electron chi connectivity index (χ0n) is 35.0. The van der Waals surface area contributed by atoms with Crippen molar-refractivity contribution in [3.63, 3.8) is 0 Å². The maximum absolute atomic E-state index is 12.6. The quantitative estimate of drug-likeness (QED) is 0.0125. The van der Waals surface area contributed by atoms with E-state index in [1.54, 1.807) is 12.3 Å². The number of aliphatic hydroxyl groups is 1. The van der Waals surface area contributed by atoms with Crippen LogP contribution in [0.15, 0.2) is 60.9 Å². The summed E-state index contributed by atoms with van der Waals surface area (Å²) >= 11 is 0. The third-order valence-corrected chi connectivity index (χ3v) is 9.68. The van der Waals surface area contributed by atoms with Crippen molar-refractivity contribution < 1.29 is 42.4 Å². The standard InChI is InChI=1S/C44H80NO8P/c1-6-8-10-12-14-16-17-18-19-20-22-24-29-33-38-50-40-43(41-52-54(48,49)51-39-37-45(3,4)5)53-44(47)36-32-28-25-27-31-35-42(46)34-30-26-23-21-15-13-11-9-7-2/h15,21,25-27,30-31,33,35,38,42-43,46H,6-14,16-20,22-24,28-29,32,34,36-37,39-41H2,1-5H3/b21-15-,27-25+,30-26-,35-31-,38-33+/t42?,43-/m1/s1. The number of ether oxygens (including phenoxy) is 2. The summed E-state index contributed by atoms with van der Waals surface area (Å²) in [5.41, 5.74) is 0. The van der Waals surface area contributed by atoms with E-state index in [9.17, 15) is 19.4 Å². The minimum atomic E-state index is -4.58. The van der Waals surface area contributed by atoms with Gasteiger partial charge in [0.15, 0.2) is 6.10 Å². The predicted molar refractivity (Wildman–Crippen MR) is 223 cm³/mol. The van der Waals surface area contributed by atoms with Crippen LogP contribution in [0.5, 0.6) is 0 Å². The van der Waals surface area contributed by atoms with Gasteiger partial charge in [-0.2, -0.15) is 0 Å². The molecule has 3 atom stereocenters. The summed E-state index contributed by atoms with van der Waals surface area (Å²) in [6.07, 6.45) is 42.1. The maximum atomic E-state index is 12.6. The number of carbonyl (C=O) groups excluding carboxylic acids is 1. The molecule has 0 aliphatic rings. The minimum absolute atomic E-state index is 0.0110. The van der Waals surface area contributed by atoms with Gasteiger partial charge in [-0.05, 0) is 57.4 Å². The van der Waals surface area contributed by atoms with Gasteiger partial charge in [-0.1, -0.05) is 146 Å².